The number of carbonyl (C=O) groups is 1. The second-order valence-corrected chi connectivity index (χ2v) is 7.98. The van der Waals surface area contributed by atoms with Crippen molar-refractivity contribution in [1.29, 1.82) is 0 Å². The molecule has 2 aliphatic rings. The molecule has 0 radical (unpaired) electrons. The Labute approximate surface area is 153 Å². The van der Waals surface area contributed by atoms with Crippen molar-refractivity contribution in [2.24, 2.45) is 0 Å². The number of amides is 1. The van der Waals surface area contributed by atoms with Crippen LogP contribution in [0.25, 0.3) is 10.8 Å². The van der Waals surface area contributed by atoms with Crippen molar-refractivity contribution < 1.29 is 4.79 Å². The fourth-order valence-electron chi connectivity index (χ4n) is 4.61. The Morgan fingerprint density at radius 2 is 2.00 bits per heavy atom. The summed E-state index contributed by atoms with van der Waals surface area (Å²) in [4.78, 5) is 12.1. The van der Waals surface area contributed by atoms with Crippen LogP contribution in [0, 0.1) is 0 Å². The van der Waals surface area contributed by atoms with Crippen molar-refractivity contribution in [3.05, 3.63) is 59.4 Å². The molecular weight excluding hydrogens is 322 g/mol. The maximum Gasteiger partial charge on any atom is 0.256 e. The average Bonchev–Trinajstić information content (AvgIpc) is 3.25. The standard InChI is InChI=1S/C22H23N3O/c1-22(10-3-2-4-11-22)25-14-15(13-23-25)12-16-8-9-19-20-17(16)6-5-7-18(20)21(26)24-19/h5-9,13-14H,2-4,10-12H2,1H3,(H,24,26). The highest BCUT2D eigenvalue weighted by atomic mass is 16.1. The van der Waals surface area contributed by atoms with Crippen LogP contribution in [0.5, 0.6) is 0 Å². The van der Waals surface area contributed by atoms with Gasteiger partial charge >= 0.3 is 0 Å². The van der Waals surface area contributed by atoms with Crippen LogP contribution in [0.4, 0.5) is 5.69 Å². The van der Waals surface area contributed by atoms with Crippen LogP contribution in [0.1, 0.15) is 60.5 Å². The van der Waals surface area contributed by atoms with E-state index in [1.807, 2.05) is 24.4 Å². The summed E-state index contributed by atoms with van der Waals surface area (Å²) in [5, 5.41) is 9.88. The second kappa shape index (κ2) is 5.70. The number of rotatable bonds is 3. The lowest BCUT2D eigenvalue weighted by Gasteiger charge is -2.33. The highest BCUT2D eigenvalue weighted by Crippen LogP contribution is 2.36. The van der Waals surface area contributed by atoms with E-state index in [1.54, 1.807) is 0 Å². The summed E-state index contributed by atoms with van der Waals surface area (Å²) >= 11 is 0. The number of aromatic nitrogens is 2. The molecule has 0 atom stereocenters. The Morgan fingerprint density at radius 1 is 1.15 bits per heavy atom. The van der Waals surface area contributed by atoms with Crippen molar-refractivity contribution >= 4 is 22.4 Å². The van der Waals surface area contributed by atoms with E-state index in [2.05, 4.69) is 35.3 Å². The molecular formula is C22H23N3O. The molecule has 0 spiro atoms. The lowest BCUT2D eigenvalue weighted by atomic mass is 9.83. The van der Waals surface area contributed by atoms with Gasteiger partial charge in [0.1, 0.15) is 0 Å². The molecule has 1 amide bonds. The molecule has 3 aromatic rings. The lowest BCUT2D eigenvalue weighted by molar-refractivity contribution is 0.103. The van der Waals surface area contributed by atoms with Crippen LogP contribution in [-0.2, 0) is 12.0 Å². The first-order valence-electron chi connectivity index (χ1n) is 9.54. The number of anilines is 1. The minimum absolute atomic E-state index is 0.000734. The van der Waals surface area contributed by atoms with Crippen molar-refractivity contribution in [3.63, 3.8) is 0 Å². The number of benzene rings is 2. The van der Waals surface area contributed by atoms with Crippen molar-refractivity contribution in [1.82, 2.24) is 9.78 Å². The van der Waals surface area contributed by atoms with Gasteiger partial charge in [-0.2, -0.15) is 5.10 Å². The molecule has 1 aliphatic heterocycles. The van der Waals surface area contributed by atoms with Gasteiger partial charge in [0, 0.05) is 29.3 Å². The van der Waals surface area contributed by atoms with E-state index in [-0.39, 0.29) is 11.4 Å². The van der Waals surface area contributed by atoms with Crippen LogP contribution < -0.4 is 5.32 Å². The molecule has 1 saturated carbocycles. The summed E-state index contributed by atoms with van der Waals surface area (Å²) in [5.41, 5.74) is 4.35. The molecule has 4 heteroatoms. The van der Waals surface area contributed by atoms with Crippen LogP contribution in [0.15, 0.2) is 42.7 Å². The Hall–Kier alpha value is -2.62. The first-order valence-corrected chi connectivity index (χ1v) is 9.54. The van der Waals surface area contributed by atoms with Crippen molar-refractivity contribution in [2.45, 2.75) is 51.0 Å². The quantitative estimate of drug-likeness (QED) is 0.736. The number of nitrogens with zero attached hydrogens (tertiary/aromatic N) is 2. The first-order chi connectivity index (χ1) is 12.6. The zero-order valence-electron chi connectivity index (χ0n) is 15.1. The van der Waals surface area contributed by atoms with Gasteiger partial charge in [-0.3, -0.25) is 9.48 Å². The molecule has 5 rings (SSSR count). The maximum atomic E-state index is 12.1. The topological polar surface area (TPSA) is 46.9 Å². The summed E-state index contributed by atoms with van der Waals surface area (Å²) in [6, 6.07) is 10.2. The van der Waals surface area contributed by atoms with E-state index in [1.165, 1.54) is 43.2 Å². The fraction of sp³-hybridized carbons (Fsp3) is 0.364. The normalized spacial score (nSPS) is 18.3. The van der Waals surface area contributed by atoms with Gasteiger partial charge in [-0.1, -0.05) is 37.5 Å². The summed E-state index contributed by atoms with van der Waals surface area (Å²) in [6.45, 7) is 2.33. The van der Waals surface area contributed by atoms with E-state index in [4.69, 9.17) is 5.10 Å². The van der Waals surface area contributed by atoms with E-state index in [9.17, 15) is 4.79 Å². The molecule has 1 aromatic heterocycles. The van der Waals surface area contributed by atoms with Gasteiger partial charge in [-0.05, 0) is 48.4 Å². The third-order valence-electron chi connectivity index (χ3n) is 6.14. The Morgan fingerprint density at radius 3 is 2.85 bits per heavy atom. The molecule has 1 aliphatic carbocycles. The molecule has 0 saturated heterocycles. The van der Waals surface area contributed by atoms with E-state index >= 15 is 0 Å². The summed E-state index contributed by atoms with van der Waals surface area (Å²) in [5.74, 6) is 0.000734. The molecule has 132 valence electrons. The minimum Gasteiger partial charge on any atom is -0.321 e. The third-order valence-corrected chi connectivity index (χ3v) is 6.14. The predicted octanol–water partition coefficient (Wildman–Crippen LogP) is 4.87. The van der Waals surface area contributed by atoms with Gasteiger partial charge in [0.25, 0.3) is 5.91 Å². The van der Waals surface area contributed by atoms with E-state index in [0.717, 1.165) is 28.4 Å². The fourth-order valence-corrected chi connectivity index (χ4v) is 4.61. The van der Waals surface area contributed by atoms with Crippen molar-refractivity contribution in [2.75, 3.05) is 5.32 Å². The lowest BCUT2D eigenvalue weighted by Crippen LogP contribution is -2.32. The van der Waals surface area contributed by atoms with Gasteiger partial charge in [-0.25, -0.2) is 0 Å². The molecule has 1 N–H and O–H groups in total. The van der Waals surface area contributed by atoms with E-state index < -0.39 is 0 Å². The summed E-state index contributed by atoms with van der Waals surface area (Å²) < 4.78 is 2.19. The summed E-state index contributed by atoms with van der Waals surface area (Å²) in [6.07, 6.45) is 11.4. The summed E-state index contributed by atoms with van der Waals surface area (Å²) in [7, 11) is 0. The Bertz CT molecular complexity index is 1010. The van der Waals surface area contributed by atoms with Gasteiger partial charge in [-0.15, -0.1) is 0 Å². The number of hydrogen-bond acceptors (Lipinski definition) is 2. The van der Waals surface area contributed by atoms with E-state index in [0.29, 0.717) is 0 Å². The van der Waals surface area contributed by atoms with Gasteiger partial charge < -0.3 is 5.32 Å². The largest absolute Gasteiger partial charge is 0.321 e. The molecule has 0 bridgehead atoms. The van der Waals surface area contributed by atoms with Crippen LogP contribution in [0.2, 0.25) is 0 Å². The molecule has 4 nitrogen and oxygen atoms in total. The first kappa shape index (κ1) is 15.6. The maximum absolute atomic E-state index is 12.1. The van der Waals surface area contributed by atoms with Crippen LogP contribution >= 0.6 is 0 Å². The zero-order chi connectivity index (χ0) is 17.7. The monoisotopic (exact) mass is 345 g/mol. The zero-order valence-corrected chi connectivity index (χ0v) is 15.1. The van der Waals surface area contributed by atoms with Gasteiger partial charge in [0.15, 0.2) is 0 Å². The minimum atomic E-state index is 0.000734. The smallest absolute Gasteiger partial charge is 0.256 e. The third kappa shape index (κ3) is 2.36. The van der Waals surface area contributed by atoms with Gasteiger partial charge in [0.05, 0.1) is 11.7 Å². The number of nitrogens with one attached hydrogen (secondary N) is 1. The SMILES string of the molecule is CC1(n2cc(Cc3ccc4c5c(cccc35)C(=O)N4)cn2)CCCCC1. The van der Waals surface area contributed by atoms with Gasteiger partial charge in [0.2, 0.25) is 0 Å². The average molecular weight is 345 g/mol. The molecule has 1 fully saturated rings. The number of hydrogen-bond donors (Lipinski definition) is 1. The van der Waals surface area contributed by atoms with Crippen LogP contribution in [-0.4, -0.2) is 15.7 Å². The molecule has 2 heterocycles. The Kier molecular flexibility index (Phi) is 3.42. The Balaban J connectivity index is 1.50. The highest BCUT2D eigenvalue weighted by molar-refractivity contribution is 6.24. The van der Waals surface area contributed by atoms with Crippen LogP contribution in [0.3, 0.4) is 0 Å². The molecule has 0 unspecified atom stereocenters. The number of carbonyl (C=O) groups excluding carboxylic acids is 1. The predicted molar refractivity (Wildman–Crippen MR) is 104 cm³/mol. The molecule has 2 aromatic carbocycles. The highest BCUT2D eigenvalue weighted by Gasteiger charge is 2.29. The van der Waals surface area contributed by atoms with Crippen molar-refractivity contribution in [3.8, 4) is 0 Å². The molecule has 26 heavy (non-hydrogen) atoms. The second-order valence-electron chi connectivity index (χ2n) is 7.98.